The number of nitrogen functional groups attached to an aromatic ring is 1. The largest absolute Gasteiger partial charge is 0.493 e. The number of para-hydroxylation sites is 1. The first-order valence-corrected chi connectivity index (χ1v) is 12.0. The van der Waals surface area contributed by atoms with Crippen molar-refractivity contribution in [3.05, 3.63) is 60.7 Å². The first-order valence-electron chi connectivity index (χ1n) is 12.0. The van der Waals surface area contributed by atoms with E-state index in [9.17, 15) is 0 Å². The van der Waals surface area contributed by atoms with Gasteiger partial charge in [-0.05, 0) is 42.5 Å². The fraction of sp³-hybridized carbons (Fsp3) is 0.296. The maximum absolute atomic E-state index is 6.62. The number of benzene rings is 2. The molecule has 4 aromatic rings. The fourth-order valence-electron chi connectivity index (χ4n) is 4.62. The van der Waals surface area contributed by atoms with E-state index in [1.807, 2.05) is 60.7 Å². The number of nitrogens with two attached hydrogens (primary N) is 1. The smallest absolute Gasteiger partial charge is 0.222 e. The number of nitrogens with one attached hydrogen (secondary N) is 1. The molecule has 1 atom stereocenters. The highest BCUT2D eigenvalue weighted by molar-refractivity contribution is 5.89. The first kappa shape index (κ1) is 23.6. The summed E-state index contributed by atoms with van der Waals surface area (Å²) in [6.45, 7) is 4.19. The maximum Gasteiger partial charge on any atom is 0.222 e. The van der Waals surface area contributed by atoms with Crippen LogP contribution in [-0.2, 0) is 0 Å². The molecular formula is C27H30N6O3. The van der Waals surface area contributed by atoms with Gasteiger partial charge < -0.3 is 30.2 Å². The topological polar surface area (TPSA) is 108 Å². The monoisotopic (exact) mass is 486 g/mol. The van der Waals surface area contributed by atoms with Gasteiger partial charge in [-0.1, -0.05) is 25.1 Å². The number of fused-ring (bicyclic) bond motifs is 1. The van der Waals surface area contributed by atoms with Crippen molar-refractivity contribution in [2.45, 2.75) is 19.1 Å². The standard InChI is InChI=1S/C27H30N6O3/c1-4-27(36-19-8-6-5-7-9-19)17-29-14-15-33(27)25-24-21(31-26(28)32-25)12-11-20(30-24)18-10-13-22(34-2)23(16-18)35-3/h5-13,16,29H,4,14-15,17H2,1-3H3,(H2,28,31,32). The molecule has 0 spiro atoms. The highest BCUT2D eigenvalue weighted by atomic mass is 16.5. The van der Waals surface area contributed by atoms with Crippen LogP contribution in [0, 0.1) is 0 Å². The minimum atomic E-state index is -0.672. The Balaban J connectivity index is 1.63. The molecule has 3 N–H and O–H groups in total. The molecule has 0 saturated carbocycles. The van der Waals surface area contributed by atoms with Crippen LogP contribution in [0.4, 0.5) is 11.8 Å². The minimum Gasteiger partial charge on any atom is -0.493 e. The Morgan fingerprint density at radius 2 is 1.78 bits per heavy atom. The predicted octanol–water partition coefficient (Wildman–Crippen LogP) is 3.89. The molecule has 0 bridgehead atoms. The molecule has 1 aliphatic heterocycles. The van der Waals surface area contributed by atoms with Crippen molar-refractivity contribution in [3.8, 4) is 28.5 Å². The molecule has 1 unspecified atom stereocenters. The molecular weight excluding hydrogens is 456 g/mol. The van der Waals surface area contributed by atoms with Gasteiger partial charge in [-0.25, -0.2) is 9.97 Å². The van der Waals surface area contributed by atoms with Crippen molar-refractivity contribution < 1.29 is 14.2 Å². The number of rotatable bonds is 7. The summed E-state index contributed by atoms with van der Waals surface area (Å²) in [6.07, 6.45) is 0.718. The van der Waals surface area contributed by atoms with Gasteiger partial charge in [-0.15, -0.1) is 0 Å². The van der Waals surface area contributed by atoms with Gasteiger partial charge in [0.2, 0.25) is 5.95 Å². The summed E-state index contributed by atoms with van der Waals surface area (Å²) in [5, 5.41) is 3.48. The van der Waals surface area contributed by atoms with E-state index in [1.54, 1.807) is 14.2 Å². The highest BCUT2D eigenvalue weighted by Crippen LogP contribution is 2.36. The van der Waals surface area contributed by atoms with E-state index in [1.165, 1.54) is 0 Å². The fourth-order valence-corrected chi connectivity index (χ4v) is 4.62. The van der Waals surface area contributed by atoms with E-state index in [4.69, 9.17) is 24.9 Å². The lowest BCUT2D eigenvalue weighted by Gasteiger charge is -2.47. The van der Waals surface area contributed by atoms with Gasteiger partial charge in [0.15, 0.2) is 23.0 Å². The SMILES string of the molecule is CCC1(Oc2ccccc2)CNCCN1c1nc(N)nc2ccc(-c3ccc(OC)c(OC)c3)nc12. The molecule has 3 heterocycles. The third-order valence-electron chi connectivity index (χ3n) is 6.48. The summed E-state index contributed by atoms with van der Waals surface area (Å²) in [5.74, 6) is 2.93. The molecule has 0 radical (unpaired) electrons. The lowest BCUT2D eigenvalue weighted by atomic mass is 10.0. The van der Waals surface area contributed by atoms with Gasteiger partial charge in [0.25, 0.3) is 0 Å². The number of pyridine rings is 1. The second kappa shape index (κ2) is 9.87. The zero-order chi connectivity index (χ0) is 25.1. The van der Waals surface area contributed by atoms with Gasteiger partial charge in [-0.3, -0.25) is 0 Å². The van der Waals surface area contributed by atoms with Crippen molar-refractivity contribution in [2.75, 3.05) is 44.5 Å². The average Bonchev–Trinajstić information content (AvgIpc) is 2.92. The van der Waals surface area contributed by atoms with E-state index in [-0.39, 0.29) is 5.95 Å². The molecule has 36 heavy (non-hydrogen) atoms. The van der Waals surface area contributed by atoms with Crippen LogP contribution in [0.1, 0.15) is 13.3 Å². The Kier molecular flexibility index (Phi) is 6.47. The van der Waals surface area contributed by atoms with Crippen LogP contribution in [0.2, 0.25) is 0 Å². The van der Waals surface area contributed by atoms with Crippen molar-refractivity contribution in [1.82, 2.24) is 20.3 Å². The van der Waals surface area contributed by atoms with Crippen molar-refractivity contribution in [3.63, 3.8) is 0 Å². The van der Waals surface area contributed by atoms with Crippen LogP contribution >= 0.6 is 0 Å². The van der Waals surface area contributed by atoms with Crippen LogP contribution in [0.25, 0.3) is 22.3 Å². The molecule has 186 valence electrons. The van der Waals surface area contributed by atoms with Crippen molar-refractivity contribution >= 4 is 22.8 Å². The summed E-state index contributed by atoms with van der Waals surface area (Å²) in [6, 6.07) is 19.4. The van der Waals surface area contributed by atoms with Crippen LogP contribution < -0.4 is 30.2 Å². The van der Waals surface area contributed by atoms with Crippen molar-refractivity contribution in [1.29, 1.82) is 0 Å². The molecule has 0 amide bonds. The Morgan fingerprint density at radius 1 is 0.972 bits per heavy atom. The van der Waals surface area contributed by atoms with Crippen molar-refractivity contribution in [2.24, 2.45) is 0 Å². The normalized spacial score (nSPS) is 17.7. The summed E-state index contributed by atoms with van der Waals surface area (Å²) in [7, 11) is 3.23. The number of anilines is 2. The number of methoxy groups -OCH3 is 2. The maximum atomic E-state index is 6.62. The van der Waals surface area contributed by atoms with E-state index < -0.39 is 5.72 Å². The Hall–Kier alpha value is -4.11. The van der Waals surface area contributed by atoms with Gasteiger partial charge in [0, 0.05) is 25.1 Å². The van der Waals surface area contributed by atoms with E-state index in [0.29, 0.717) is 41.4 Å². The molecule has 2 aromatic heterocycles. The quantitative estimate of drug-likeness (QED) is 0.402. The van der Waals surface area contributed by atoms with Crippen LogP contribution in [0.5, 0.6) is 17.2 Å². The number of ether oxygens (including phenoxy) is 3. The molecule has 2 aromatic carbocycles. The number of aromatic nitrogens is 3. The Morgan fingerprint density at radius 3 is 2.53 bits per heavy atom. The lowest BCUT2D eigenvalue weighted by Crippen LogP contribution is -2.65. The number of nitrogens with zero attached hydrogens (tertiary/aromatic N) is 4. The highest BCUT2D eigenvalue weighted by Gasteiger charge is 2.42. The van der Waals surface area contributed by atoms with E-state index in [2.05, 4.69) is 27.1 Å². The minimum absolute atomic E-state index is 0.196. The van der Waals surface area contributed by atoms with Gasteiger partial charge >= 0.3 is 0 Å². The zero-order valence-corrected chi connectivity index (χ0v) is 20.7. The number of hydrogen-bond acceptors (Lipinski definition) is 9. The van der Waals surface area contributed by atoms with Crippen LogP contribution in [0.3, 0.4) is 0 Å². The molecule has 1 saturated heterocycles. The van der Waals surface area contributed by atoms with E-state index in [0.717, 1.165) is 30.0 Å². The predicted molar refractivity (Wildman–Crippen MR) is 141 cm³/mol. The molecule has 1 fully saturated rings. The molecule has 9 nitrogen and oxygen atoms in total. The average molecular weight is 487 g/mol. The molecule has 9 heteroatoms. The number of hydrogen-bond donors (Lipinski definition) is 2. The van der Waals surface area contributed by atoms with E-state index >= 15 is 0 Å². The Labute approximate surface area is 210 Å². The van der Waals surface area contributed by atoms with Gasteiger partial charge in [-0.2, -0.15) is 4.98 Å². The third-order valence-corrected chi connectivity index (χ3v) is 6.48. The zero-order valence-electron chi connectivity index (χ0n) is 20.7. The Bertz CT molecular complexity index is 1370. The molecule has 1 aliphatic rings. The lowest BCUT2D eigenvalue weighted by molar-refractivity contribution is 0.0473. The second-order valence-electron chi connectivity index (χ2n) is 8.58. The van der Waals surface area contributed by atoms with Gasteiger partial charge in [0.1, 0.15) is 11.3 Å². The van der Waals surface area contributed by atoms with Crippen LogP contribution in [0.15, 0.2) is 60.7 Å². The second-order valence-corrected chi connectivity index (χ2v) is 8.58. The summed E-state index contributed by atoms with van der Waals surface area (Å²) in [4.78, 5) is 16.3. The summed E-state index contributed by atoms with van der Waals surface area (Å²) in [5.41, 5.74) is 8.48. The summed E-state index contributed by atoms with van der Waals surface area (Å²) >= 11 is 0. The summed E-state index contributed by atoms with van der Waals surface area (Å²) < 4.78 is 17.5. The first-order chi connectivity index (χ1) is 17.6. The third kappa shape index (κ3) is 4.33. The number of piperazine rings is 1. The molecule has 5 rings (SSSR count). The van der Waals surface area contributed by atoms with Gasteiger partial charge in [0.05, 0.1) is 32.0 Å². The van der Waals surface area contributed by atoms with Crippen LogP contribution in [-0.4, -0.2) is 54.5 Å². The molecule has 0 aliphatic carbocycles.